The van der Waals surface area contributed by atoms with E-state index in [0.717, 1.165) is 29.6 Å². The van der Waals surface area contributed by atoms with E-state index in [0.29, 0.717) is 6.61 Å². The van der Waals surface area contributed by atoms with E-state index in [9.17, 15) is 4.79 Å². The molecule has 0 aromatic heterocycles. The monoisotopic (exact) mass is 204 g/mol. The quantitative estimate of drug-likeness (QED) is 0.614. The van der Waals surface area contributed by atoms with Crippen LogP contribution in [0.25, 0.3) is 0 Å². The summed E-state index contributed by atoms with van der Waals surface area (Å²) in [6, 6.07) is 0. The Labute approximate surface area is 90.3 Å². The summed E-state index contributed by atoms with van der Waals surface area (Å²) in [5, 5.41) is 0. The standard InChI is InChI=1S/C13H16O2/c1-9-5-4-6-10(12(9)14)11-7-15-8-13(11,2)3/h6-7H,1,4-5,8H2,2-3H3. The number of carbonyl (C=O) groups is 1. The van der Waals surface area contributed by atoms with Gasteiger partial charge >= 0.3 is 0 Å². The molecule has 0 bridgehead atoms. The highest BCUT2D eigenvalue weighted by Crippen LogP contribution is 2.39. The van der Waals surface area contributed by atoms with Gasteiger partial charge in [-0.15, -0.1) is 0 Å². The van der Waals surface area contributed by atoms with Gasteiger partial charge in [0.05, 0.1) is 12.9 Å². The molecule has 0 fully saturated rings. The maximum Gasteiger partial charge on any atom is 0.188 e. The molecule has 15 heavy (non-hydrogen) atoms. The van der Waals surface area contributed by atoms with Crippen molar-refractivity contribution >= 4 is 5.78 Å². The summed E-state index contributed by atoms with van der Waals surface area (Å²) in [5.74, 6) is 0.0890. The van der Waals surface area contributed by atoms with Crippen LogP contribution in [0.5, 0.6) is 0 Å². The molecule has 0 spiro atoms. The number of carbonyl (C=O) groups excluding carboxylic acids is 1. The number of hydrogen-bond donors (Lipinski definition) is 0. The van der Waals surface area contributed by atoms with E-state index in [2.05, 4.69) is 20.4 Å². The van der Waals surface area contributed by atoms with Gasteiger partial charge in [-0.2, -0.15) is 0 Å². The van der Waals surface area contributed by atoms with Gasteiger partial charge in [0.15, 0.2) is 5.78 Å². The Kier molecular flexibility index (Phi) is 2.29. The van der Waals surface area contributed by atoms with E-state index in [1.165, 1.54) is 0 Å². The molecule has 0 aromatic rings. The molecular weight excluding hydrogens is 188 g/mol. The Morgan fingerprint density at radius 1 is 1.47 bits per heavy atom. The summed E-state index contributed by atoms with van der Waals surface area (Å²) in [7, 11) is 0. The SMILES string of the molecule is C=C1CCC=C(C2=COCC2(C)C)C1=O. The smallest absolute Gasteiger partial charge is 0.188 e. The predicted molar refractivity (Wildman–Crippen MR) is 59.3 cm³/mol. The minimum absolute atomic E-state index is 0.0564. The molecule has 80 valence electrons. The zero-order valence-electron chi connectivity index (χ0n) is 9.30. The number of rotatable bonds is 1. The van der Waals surface area contributed by atoms with Gasteiger partial charge in [0.1, 0.15) is 0 Å². The third-order valence-electron chi connectivity index (χ3n) is 3.02. The van der Waals surface area contributed by atoms with Crippen LogP contribution in [-0.2, 0) is 9.53 Å². The maximum atomic E-state index is 11.9. The third kappa shape index (κ3) is 1.65. The van der Waals surface area contributed by atoms with E-state index in [1.54, 1.807) is 6.26 Å². The van der Waals surface area contributed by atoms with Crippen LogP contribution in [0, 0.1) is 5.41 Å². The molecule has 2 aliphatic rings. The number of hydrogen-bond acceptors (Lipinski definition) is 2. The molecule has 0 saturated heterocycles. The molecule has 0 saturated carbocycles. The number of ketones is 1. The molecule has 0 amide bonds. The fourth-order valence-electron chi connectivity index (χ4n) is 2.02. The van der Waals surface area contributed by atoms with Crippen LogP contribution in [0.15, 0.2) is 35.6 Å². The summed E-state index contributed by atoms with van der Waals surface area (Å²) < 4.78 is 5.32. The first-order valence-electron chi connectivity index (χ1n) is 5.27. The molecule has 0 atom stereocenters. The second-order valence-corrected chi connectivity index (χ2v) is 4.82. The van der Waals surface area contributed by atoms with Crippen molar-refractivity contribution in [1.82, 2.24) is 0 Å². The van der Waals surface area contributed by atoms with Crippen molar-refractivity contribution in [2.24, 2.45) is 5.41 Å². The largest absolute Gasteiger partial charge is 0.500 e. The Balaban J connectivity index is 2.36. The number of ether oxygens (including phenoxy) is 1. The molecule has 2 rings (SSSR count). The zero-order chi connectivity index (χ0) is 11.1. The van der Waals surface area contributed by atoms with Crippen LogP contribution in [0.3, 0.4) is 0 Å². The summed E-state index contributed by atoms with van der Waals surface area (Å²) in [6.07, 6.45) is 5.44. The van der Waals surface area contributed by atoms with Gasteiger partial charge in [-0.3, -0.25) is 4.79 Å². The first-order valence-corrected chi connectivity index (χ1v) is 5.27. The number of allylic oxidation sites excluding steroid dienone is 3. The molecule has 2 nitrogen and oxygen atoms in total. The van der Waals surface area contributed by atoms with Crippen molar-refractivity contribution in [2.75, 3.05) is 6.61 Å². The van der Waals surface area contributed by atoms with Gasteiger partial charge in [0.25, 0.3) is 0 Å². The highest BCUT2D eigenvalue weighted by Gasteiger charge is 2.35. The third-order valence-corrected chi connectivity index (χ3v) is 3.02. The van der Waals surface area contributed by atoms with Gasteiger partial charge in [-0.05, 0) is 18.4 Å². The lowest BCUT2D eigenvalue weighted by Gasteiger charge is -2.23. The predicted octanol–water partition coefficient (Wildman–Crippen LogP) is 2.77. The summed E-state index contributed by atoms with van der Waals surface area (Å²) in [4.78, 5) is 11.9. The van der Waals surface area contributed by atoms with Crippen molar-refractivity contribution < 1.29 is 9.53 Å². The van der Waals surface area contributed by atoms with Crippen LogP contribution in [-0.4, -0.2) is 12.4 Å². The second kappa shape index (κ2) is 3.37. The molecule has 0 aromatic carbocycles. The highest BCUT2D eigenvalue weighted by molar-refractivity contribution is 6.11. The molecule has 1 aliphatic carbocycles. The van der Waals surface area contributed by atoms with Crippen LogP contribution in [0.2, 0.25) is 0 Å². The normalized spacial score (nSPS) is 24.7. The Morgan fingerprint density at radius 2 is 2.20 bits per heavy atom. The van der Waals surface area contributed by atoms with Crippen LogP contribution in [0.1, 0.15) is 26.7 Å². The topological polar surface area (TPSA) is 26.3 Å². The van der Waals surface area contributed by atoms with Crippen molar-refractivity contribution in [3.63, 3.8) is 0 Å². The van der Waals surface area contributed by atoms with E-state index in [1.807, 2.05) is 6.08 Å². The van der Waals surface area contributed by atoms with Crippen molar-refractivity contribution in [2.45, 2.75) is 26.7 Å². The minimum Gasteiger partial charge on any atom is -0.500 e. The lowest BCUT2D eigenvalue weighted by molar-refractivity contribution is -0.112. The maximum absolute atomic E-state index is 11.9. The Hall–Kier alpha value is -1.31. The highest BCUT2D eigenvalue weighted by atomic mass is 16.5. The minimum atomic E-state index is -0.0564. The molecule has 1 heterocycles. The average molecular weight is 204 g/mol. The van der Waals surface area contributed by atoms with E-state index < -0.39 is 0 Å². The van der Waals surface area contributed by atoms with Crippen LogP contribution < -0.4 is 0 Å². The zero-order valence-corrected chi connectivity index (χ0v) is 9.30. The van der Waals surface area contributed by atoms with Crippen LogP contribution in [0.4, 0.5) is 0 Å². The van der Waals surface area contributed by atoms with Gasteiger partial charge in [0, 0.05) is 16.6 Å². The average Bonchev–Trinajstić information content (AvgIpc) is 2.50. The van der Waals surface area contributed by atoms with Crippen molar-refractivity contribution in [3.8, 4) is 0 Å². The molecule has 1 aliphatic heterocycles. The van der Waals surface area contributed by atoms with Crippen molar-refractivity contribution in [3.05, 3.63) is 35.6 Å². The second-order valence-electron chi connectivity index (χ2n) is 4.82. The molecule has 0 N–H and O–H groups in total. The van der Waals surface area contributed by atoms with Gasteiger partial charge in [0.2, 0.25) is 0 Å². The lowest BCUT2D eigenvalue weighted by atomic mass is 9.78. The van der Waals surface area contributed by atoms with E-state index in [-0.39, 0.29) is 11.2 Å². The fourth-order valence-corrected chi connectivity index (χ4v) is 2.02. The first kappa shape index (κ1) is 10.2. The van der Waals surface area contributed by atoms with E-state index in [4.69, 9.17) is 4.74 Å². The van der Waals surface area contributed by atoms with E-state index >= 15 is 0 Å². The summed E-state index contributed by atoms with van der Waals surface area (Å²) in [6.45, 7) is 8.65. The van der Waals surface area contributed by atoms with Gasteiger partial charge in [-0.25, -0.2) is 0 Å². The molecule has 2 heteroatoms. The van der Waals surface area contributed by atoms with Crippen molar-refractivity contribution in [1.29, 1.82) is 0 Å². The lowest BCUT2D eigenvalue weighted by Crippen LogP contribution is -2.21. The molecule has 0 unspecified atom stereocenters. The summed E-state index contributed by atoms with van der Waals surface area (Å²) in [5.41, 5.74) is 2.48. The van der Waals surface area contributed by atoms with Gasteiger partial charge < -0.3 is 4.74 Å². The Morgan fingerprint density at radius 3 is 2.80 bits per heavy atom. The van der Waals surface area contributed by atoms with Crippen LogP contribution >= 0.6 is 0 Å². The number of Topliss-reactive ketones (excluding diaryl/α,β-unsaturated/α-hetero) is 1. The fraction of sp³-hybridized carbons (Fsp3) is 0.462. The first-order chi connectivity index (χ1) is 7.02. The Bertz CT molecular complexity index is 383. The molecular formula is C13H16O2. The molecule has 0 radical (unpaired) electrons. The van der Waals surface area contributed by atoms with Gasteiger partial charge in [-0.1, -0.05) is 26.5 Å². The summed E-state index contributed by atoms with van der Waals surface area (Å²) >= 11 is 0.